The summed E-state index contributed by atoms with van der Waals surface area (Å²) < 4.78 is 17.3. The van der Waals surface area contributed by atoms with Gasteiger partial charge in [-0.25, -0.2) is 18.7 Å². The summed E-state index contributed by atoms with van der Waals surface area (Å²) in [5.74, 6) is -0.339. The third kappa shape index (κ3) is 3.40. The van der Waals surface area contributed by atoms with Crippen molar-refractivity contribution < 1.29 is 4.39 Å². The Morgan fingerprint density at radius 2 is 1.76 bits per heavy atom. The van der Waals surface area contributed by atoms with E-state index in [1.165, 1.54) is 29.1 Å². The number of rotatable bonds is 5. The molecule has 146 valence electrons. The molecule has 0 atom stereocenters. The van der Waals surface area contributed by atoms with E-state index in [9.17, 15) is 14.0 Å². The summed E-state index contributed by atoms with van der Waals surface area (Å²) in [5, 5.41) is 0.527. The van der Waals surface area contributed by atoms with Crippen molar-refractivity contribution in [1.82, 2.24) is 18.7 Å². The fourth-order valence-corrected chi connectivity index (χ4v) is 3.33. The summed E-state index contributed by atoms with van der Waals surface area (Å²) in [6.07, 6.45) is 2.99. The van der Waals surface area contributed by atoms with Gasteiger partial charge in [-0.2, -0.15) is 0 Å². The maximum Gasteiger partial charge on any atom is 0.337 e. The Balaban J connectivity index is 1.98. The number of benzene rings is 2. The van der Waals surface area contributed by atoms with Crippen LogP contribution in [0.2, 0.25) is 5.02 Å². The number of allylic oxidation sites excluding steroid dienone is 1. The molecule has 2 aromatic heterocycles. The lowest BCUT2D eigenvalue weighted by atomic mass is 10.2. The van der Waals surface area contributed by atoms with Gasteiger partial charge in [-0.3, -0.25) is 9.36 Å². The molecular formula is C21H16ClFN4O2. The predicted molar refractivity (Wildman–Crippen MR) is 110 cm³/mol. The van der Waals surface area contributed by atoms with Gasteiger partial charge in [0.2, 0.25) is 0 Å². The van der Waals surface area contributed by atoms with E-state index in [1.54, 1.807) is 41.0 Å². The summed E-state index contributed by atoms with van der Waals surface area (Å²) in [5.41, 5.74) is 0.862. The summed E-state index contributed by atoms with van der Waals surface area (Å²) in [7, 11) is 0. The van der Waals surface area contributed by atoms with Crippen LogP contribution in [0.3, 0.4) is 0 Å². The Morgan fingerprint density at radius 3 is 2.41 bits per heavy atom. The van der Waals surface area contributed by atoms with Crippen molar-refractivity contribution in [3.8, 4) is 5.69 Å². The number of fused-ring (bicyclic) bond motifs is 1. The maximum absolute atomic E-state index is 13.2. The molecule has 8 heteroatoms. The molecule has 2 aromatic carbocycles. The van der Waals surface area contributed by atoms with Gasteiger partial charge in [-0.1, -0.05) is 29.8 Å². The summed E-state index contributed by atoms with van der Waals surface area (Å²) in [6.45, 7) is 4.00. The third-order valence-electron chi connectivity index (χ3n) is 4.56. The highest BCUT2D eigenvalue weighted by atomic mass is 35.5. The van der Waals surface area contributed by atoms with Gasteiger partial charge in [0.05, 0.1) is 12.0 Å². The van der Waals surface area contributed by atoms with Gasteiger partial charge in [0.15, 0.2) is 11.2 Å². The SMILES string of the molecule is C=CCn1c(=O)c2c(ncn2Cc2ccc(F)cc2)n(-c2ccc(Cl)cc2)c1=O. The first-order valence-electron chi connectivity index (χ1n) is 8.81. The lowest BCUT2D eigenvalue weighted by Gasteiger charge is -2.12. The van der Waals surface area contributed by atoms with Crippen LogP contribution >= 0.6 is 11.6 Å². The molecule has 2 heterocycles. The number of hydrogen-bond donors (Lipinski definition) is 0. The molecule has 0 radical (unpaired) electrons. The van der Waals surface area contributed by atoms with Gasteiger partial charge >= 0.3 is 5.69 Å². The molecule has 4 aromatic rings. The second-order valence-corrected chi connectivity index (χ2v) is 6.91. The van der Waals surface area contributed by atoms with Crippen LogP contribution in [0.4, 0.5) is 4.39 Å². The van der Waals surface area contributed by atoms with Gasteiger partial charge in [0.1, 0.15) is 5.82 Å². The van der Waals surface area contributed by atoms with Gasteiger partial charge in [0, 0.05) is 18.1 Å². The van der Waals surface area contributed by atoms with Crippen LogP contribution in [0, 0.1) is 5.82 Å². The average molecular weight is 411 g/mol. The molecule has 0 bridgehead atoms. The molecule has 4 rings (SSSR count). The fourth-order valence-electron chi connectivity index (χ4n) is 3.20. The first kappa shape index (κ1) is 18.9. The van der Waals surface area contributed by atoms with Gasteiger partial charge in [0.25, 0.3) is 5.56 Å². The van der Waals surface area contributed by atoms with Crippen molar-refractivity contribution in [2.75, 3.05) is 0 Å². The summed E-state index contributed by atoms with van der Waals surface area (Å²) in [6, 6.07) is 12.7. The van der Waals surface area contributed by atoms with Crippen molar-refractivity contribution in [2.45, 2.75) is 13.1 Å². The first-order valence-corrected chi connectivity index (χ1v) is 9.19. The third-order valence-corrected chi connectivity index (χ3v) is 4.81. The second-order valence-electron chi connectivity index (χ2n) is 6.47. The quantitative estimate of drug-likeness (QED) is 0.474. The zero-order chi connectivity index (χ0) is 20.5. The van der Waals surface area contributed by atoms with Gasteiger partial charge < -0.3 is 4.57 Å². The van der Waals surface area contributed by atoms with E-state index in [0.717, 1.165) is 10.1 Å². The van der Waals surface area contributed by atoms with E-state index in [-0.39, 0.29) is 23.5 Å². The molecule has 0 fully saturated rings. The van der Waals surface area contributed by atoms with Crippen molar-refractivity contribution in [1.29, 1.82) is 0 Å². The minimum Gasteiger partial charge on any atom is -0.320 e. The zero-order valence-corrected chi connectivity index (χ0v) is 16.0. The predicted octanol–water partition coefficient (Wildman–Crippen LogP) is 3.38. The number of aromatic nitrogens is 4. The molecule has 0 aliphatic carbocycles. The number of halogens is 2. The maximum atomic E-state index is 13.2. The molecule has 0 saturated heterocycles. The van der Waals surface area contributed by atoms with Gasteiger partial charge in [-0.05, 0) is 42.0 Å². The van der Waals surface area contributed by atoms with Crippen molar-refractivity contribution in [2.24, 2.45) is 0 Å². The van der Waals surface area contributed by atoms with Crippen LogP contribution in [0.15, 0.2) is 77.1 Å². The fraction of sp³-hybridized carbons (Fsp3) is 0.0952. The lowest BCUT2D eigenvalue weighted by Crippen LogP contribution is -2.39. The van der Waals surface area contributed by atoms with E-state index < -0.39 is 11.2 Å². The van der Waals surface area contributed by atoms with E-state index in [2.05, 4.69) is 11.6 Å². The van der Waals surface area contributed by atoms with E-state index in [1.807, 2.05) is 0 Å². The highest BCUT2D eigenvalue weighted by Gasteiger charge is 2.19. The van der Waals surface area contributed by atoms with Crippen molar-refractivity contribution in [3.63, 3.8) is 0 Å². The molecule has 0 unspecified atom stereocenters. The van der Waals surface area contributed by atoms with Crippen LogP contribution in [0.25, 0.3) is 16.9 Å². The first-order chi connectivity index (χ1) is 14.0. The Bertz CT molecular complexity index is 1320. The van der Waals surface area contributed by atoms with Crippen molar-refractivity contribution >= 4 is 22.8 Å². The largest absolute Gasteiger partial charge is 0.337 e. The van der Waals surface area contributed by atoms with Crippen LogP contribution in [-0.4, -0.2) is 18.7 Å². The number of nitrogens with zero attached hydrogens (tertiary/aromatic N) is 4. The molecule has 6 nitrogen and oxygen atoms in total. The van der Waals surface area contributed by atoms with Crippen LogP contribution in [0.5, 0.6) is 0 Å². The molecule has 29 heavy (non-hydrogen) atoms. The normalized spacial score (nSPS) is 11.1. The van der Waals surface area contributed by atoms with E-state index in [4.69, 9.17) is 11.6 Å². The molecule has 0 aliphatic rings. The highest BCUT2D eigenvalue weighted by molar-refractivity contribution is 6.30. The molecule has 0 aliphatic heterocycles. The second kappa shape index (κ2) is 7.52. The molecular weight excluding hydrogens is 395 g/mol. The minimum absolute atomic E-state index is 0.0585. The number of imidazole rings is 1. The monoisotopic (exact) mass is 410 g/mol. The Labute approximate surface area is 169 Å². The Hall–Kier alpha value is -3.45. The van der Waals surface area contributed by atoms with Crippen molar-refractivity contribution in [3.05, 3.63) is 105 Å². The molecule has 0 amide bonds. The zero-order valence-electron chi connectivity index (χ0n) is 15.3. The Kier molecular flexibility index (Phi) is 4.90. The molecule has 0 spiro atoms. The topological polar surface area (TPSA) is 61.8 Å². The van der Waals surface area contributed by atoms with E-state index >= 15 is 0 Å². The highest BCUT2D eigenvalue weighted by Crippen LogP contribution is 2.17. The Morgan fingerprint density at radius 1 is 1.07 bits per heavy atom. The smallest absolute Gasteiger partial charge is 0.320 e. The summed E-state index contributed by atoms with van der Waals surface area (Å²) in [4.78, 5) is 30.4. The summed E-state index contributed by atoms with van der Waals surface area (Å²) >= 11 is 5.97. The number of hydrogen-bond acceptors (Lipinski definition) is 3. The molecule has 0 saturated carbocycles. The van der Waals surface area contributed by atoms with Crippen LogP contribution < -0.4 is 11.2 Å². The standard InChI is InChI=1S/C21H16ClFN4O2/c1-2-11-26-20(28)18-19(27(21(26)29)17-9-5-15(22)6-10-17)24-13-25(18)12-14-3-7-16(23)8-4-14/h2-10,13H,1,11-12H2. The van der Waals surface area contributed by atoms with Crippen LogP contribution in [0.1, 0.15) is 5.56 Å². The van der Waals surface area contributed by atoms with Gasteiger partial charge in [-0.15, -0.1) is 6.58 Å². The molecule has 0 N–H and O–H groups in total. The average Bonchev–Trinajstić information content (AvgIpc) is 3.12. The lowest BCUT2D eigenvalue weighted by molar-refractivity contribution is 0.626. The minimum atomic E-state index is -0.517. The van der Waals surface area contributed by atoms with Crippen LogP contribution in [-0.2, 0) is 13.1 Å². The van der Waals surface area contributed by atoms with E-state index in [0.29, 0.717) is 17.3 Å².